The molecule has 2 N–H and O–H groups in total. The van der Waals surface area contributed by atoms with Gasteiger partial charge in [0, 0.05) is 10.7 Å². The number of hydrogen-bond acceptors (Lipinski definition) is 7. The van der Waals surface area contributed by atoms with Crippen LogP contribution in [0.25, 0.3) is 0 Å². The minimum Gasteiger partial charge on any atom is -0.457 e. The van der Waals surface area contributed by atoms with Crippen molar-refractivity contribution >= 4 is 51.9 Å². The fourth-order valence-electron chi connectivity index (χ4n) is 2.82. The maximum absolute atomic E-state index is 11.8. The second-order valence-corrected chi connectivity index (χ2v) is 7.33. The zero-order chi connectivity index (χ0) is 22.5. The predicted octanol–water partition coefficient (Wildman–Crippen LogP) is 6.97. The van der Waals surface area contributed by atoms with Gasteiger partial charge in [-0.25, -0.2) is 9.97 Å². The van der Waals surface area contributed by atoms with Crippen LogP contribution in [0.1, 0.15) is 0 Å². The quantitative estimate of drug-likeness (QED) is 0.223. The Balaban J connectivity index is 1.58. The average molecular weight is 468 g/mol. The predicted molar refractivity (Wildman–Crippen MR) is 125 cm³/mol. The average Bonchev–Trinajstić information content (AvgIpc) is 2.78. The van der Waals surface area contributed by atoms with E-state index >= 15 is 0 Å². The molecule has 4 rings (SSSR count). The third kappa shape index (κ3) is 5.05. The highest BCUT2D eigenvalue weighted by molar-refractivity contribution is 6.35. The molecule has 0 bridgehead atoms. The summed E-state index contributed by atoms with van der Waals surface area (Å²) < 4.78 is 5.76. The molecule has 0 fully saturated rings. The van der Waals surface area contributed by atoms with Gasteiger partial charge in [-0.3, -0.25) is 10.1 Å². The van der Waals surface area contributed by atoms with Crippen LogP contribution in [0.3, 0.4) is 0 Å². The largest absolute Gasteiger partial charge is 0.457 e. The summed E-state index contributed by atoms with van der Waals surface area (Å²) in [6.45, 7) is 0. The van der Waals surface area contributed by atoms with E-state index in [4.69, 9.17) is 27.9 Å². The first-order chi connectivity index (χ1) is 15.5. The van der Waals surface area contributed by atoms with Crippen molar-refractivity contribution < 1.29 is 9.66 Å². The lowest BCUT2D eigenvalue weighted by Gasteiger charge is -2.12. The minimum absolute atomic E-state index is 0.0161. The number of aromatic nitrogens is 2. The number of para-hydroxylation sites is 1. The number of nitrogens with zero attached hydrogens (tertiary/aromatic N) is 3. The summed E-state index contributed by atoms with van der Waals surface area (Å²) in [6.07, 6.45) is 1.21. The van der Waals surface area contributed by atoms with Crippen LogP contribution in [0.15, 0.2) is 79.1 Å². The van der Waals surface area contributed by atoms with Crippen LogP contribution < -0.4 is 15.4 Å². The van der Waals surface area contributed by atoms with Crippen LogP contribution >= 0.6 is 23.2 Å². The fourth-order valence-corrected chi connectivity index (χ4v) is 3.16. The molecule has 0 atom stereocenters. The lowest BCUT2D eigenvalue weighted by atomic mass is 10.3. The van der Waals surface area contributed by atoms with E-state index in [9.17, 15) is 10.1 Å². The van der Waals surface area contributed by atoms with Gasteiger partial charge in [-0.1, -0.05) is 41.4 Å². The van der Waals surface area contributed by atoms with Crippen molar-refractivity contribution in [3.63, 3.8) is 0 Å². The topological polar surface area (TPSA) is 102 Å². The summed E-state index contributed by atoms with van der Waals surface area (Å²) in [5.74, 6) is 1.31. The first kappa shape index (κ1) is 21.4. The van der Waals surface area contributed by atoms with Gasteiger partial charge in [-0.2, -0.15) is 0 Å². The Morgan fingerprint density at radius 1 is 0.844 bits per heavy atom. The first-order valence-corrected chi connectivity index (χ1v) is 10.1. The number of anilines is 4. The lowest BCUT2D eigenvalue weighted by Crippen LogP contribution is -2.05. The Kier molecular flexibility index (Phi) is 6.34. The van der Waals surface area contributed by atoms with E-state index in [1.165, 1.54) is 6.33 Å². The first-order valence-electron chi connectivity index (χ1n) is 9.31. The summed E-state index contributed by atoms with van der Waals surface area (Å²) in [7, 11) is 0. The zero-order valence-corrected chi connectivity index (χ0v) is 17.8. The molecule has 1 heterocycles. The summed E-state index contributed by atoms with van der Waals surface area (Å²) in [5.41, 5.74) is 0.626. The molecule has 8 nitrogen and oxygen atoms in total. The van der Waals surface area contributed by atoms with Crippen molar-refractivity contribution in [2.45, 2.75) is 0 Å². The van der Waals surface area contributed by atoms with Gasteiger partial charge >= 0.3 is 5.69 Å². The Labute approximate surface area is 193 Å². The molecular weight excluding hydrogens is 453 g/mol. The molecule has 0 amide bonds. The van der Waals surface area contributed by atoms with E-state index in [0.29, 0.717) is 32.9 Å². The Hall–Kier alpha value is -3.88. The highest BCUT2D eigenvalue weighted by atomic mass is 35.5. The normalized spacial score (nSPS) is 10.4. The van der Waals surface area contributed by atoms with Crippen LogP contribution in [-0.4, -0.2) is 14.9 Å². The van der Waals surface area contributed by atoms with E-state index in [1.807, 2.05) is 30.3 Å². The molecule has 0 saturated heterocycles. The van der Waals surface area contributed by atoms with Crippen molar-refractivity contribution in [2.75, 3.05) is 10.6 Å². The van der Waals surface area contributed by atoms with Crippen LogP contribution in [0.4, 0.5) is 28.7 Å². The maximum Gasteiger partial charge on any atom is 0.353 e. The van der Waals surface area contributed by atoms with Crippen LogP contribution in [0, 0.1) is 10.1 Å². The van der Waals surface area contributed by atoms with Crippen LogP contribution in [-0.2, 0) is 0 Å². The highest BCUT2D eigenvalue weighted by Gasteiger charge is 2.24. The number of rotatable bonds is 7. The Bertz CT molecular complexity index is 1250. The SMILES string of the molecule is O=[N+]([O-])c1c(Nc2ccc(Oc3ccccc3)cc2)ncnc1Nc1cc(Cl)ccc1Cl. The summed E-state index contributed by atoms with van der Waals surface area (Å²) >= 11 is 12.2. The molecule has 1 aromatic heterocycles. The molecule has 0 saturated carbocycles. The van der Waals surface area contributed by atoms with Gasteiger partial charge in [0.15, 0.2) is 0 Å². The van der Waals surface area contributed by atoms with Gasteiger partial charge in [0.1, 0.15) is 17.8 Å². The van der Waals surface area contributed by atoms with Gasteiger partial charge in [0.25, 0.3) is 0 Å². The molecule has 0 aliphatic heterocycles. The molecule has 160 valence electrons. The van der Waals surface area contributed by atoms with Gasteiger partial charge in [0.05, 0.1) is 15.6 Å². The van der Waals surface area contributed by atoms with Crippen molar-refractivity contribution in [3.8, 4) is 11.5 Å². The van der Waals surface area contributed by atoms with Crippen LogP contribution in [0.2, 0.25) is 10.0 Å². The van der Waals surface area contributed by atoms with Crippen molar-refractivity contribution in [1.29, 1.82) is 0 Å². The zero-order valence-electron chi connectivity index (χ0n) is 16.3. The highest BCUT2D eigenvalue weighted by Crippen LogP contribution is 2.36. The smallest absolute Gasteiger partial charge is 0.353 e. The molecule has 3 aromatic carbocycles. The minimum atomic E-state index is -0.573. The third-order valence-electron chi connectivity index (χ3n) is 4.28. The number of ether oxygens (including phenoxy) is 1. The standard InChI is InChI=1S/C22H15Cl2N5O3/c23-14-6-11-18(24)19(12-14)28-22-20(29(30)31)21(25-13-26-22)27-15-7-9-17(10-8-15)32-16-4-2-1-3-5-16/h1-13H,(H2,25,26,27,28). The molecule has 32 heavy (non-hydrogen) atoms. The molecular formula is C22H15Cl2N5O3. The van der Waals surface area contributed by atoms with Crippen molar-refractivity contribution in [3.05, 3.63) is 99.3 Å². The number of benzene rings is 3. The molecule has 0 unspecified atom stereocenters. The molecule has 4 aromatic rings. The Morgan fingerprint density at radius 2 is 1.50 bits per heavy atom. The molecule has 0 aliphatic carbocycles. The van der Waals surface area contributed by atoms with E-state index in [0.717, 1.165) is 0 Å². The van der Waals surface area contributed by atoms with E-state index in [1.54, 1.807) is 42.5 Å². The van der Waals surface area contributed by atoms with E-state index in [-0.39, 0.29) is 17.3 Å². The number of nitrogens with one attached hydrogen (secondary N) is 2. The van der Waals surface area contributed by atoms with Gasteiger partial charge in [0.2, 0.25) is 11.6 Å². The summed E-state index contributed by atoms with van der Waals surface area (Å²) in [4.78, 5) is 19.3. The molecule has 0 spiro atoms. The maximum atomic E-state index is 11.8. The third-order valence-corrected chi connectivity index (χ3v) is 4.85. The van der Waals surface area contributed by atoms with Crippen molar-refractivity contribution in [2.24, 2.45) is 0 Å². The monoisotopic (exact) mass is 467 g/mol. The second-order valence-electron chi connectivity index (χ2n) is 6.49. The van der Waals surface area contributed by atoms with Crippen LogP contribution in [0.5, 0.6) is 11.5 Å². The summed E-state index contributed by atoms with van der Waals surface area (Å²) in [6, 6.07) is 21.0. The fraction of sp³-hybridized carbons (Fsp3) is 0. The lowest BCUT2D eigenvalue weighted by molar-refractivity contribution is -0.383. The number of halogens is 2. The summed E-state index contributed by atoms with van der Waals surface area (Å²) in [5, 5.41) is 18.4. The van der Waals surface area contributed by atoms with Gasteiger partial charge < -0.3 is 15.4 Å². The van der Waals surface area contributed by atoms with Gasteiger partial charge in [-0.05, 0) is 54.6 Å². The molecule has 0 aliphatic rings. The molecule has 0 radical (unpaired) electrons. The van der Waals surface area contributed by atoms with E-state index in [2.05, 4.69) is 20.6 Å². The molecule has 10 heteroatoms. The van der Waals surface area contributed by atoms with Crippen molar-refractivity contribution in [1.82, 2.24) is 9.97 Å². The van der Waals surface area contributed by atoms with Gasteiger partial charge in [-0.15, -0.1) is 0 Å². The number of nitro groups is 1. The van der Waals surface area contributed by atoms with E-state index < -0.39 is 4.92 Å². The second kappa shape index (κ2) is 9.51. The Morgan fingerprint density at radius 3 is 2.19 bits per heavy atom. The number of hydrogen-bond donors (Lipinski definition) is 2.